The molecule has 0 bridgehead atoms. The Morgan fingerprint density at radius 3 is 2.88 bits per heavy atom. The van der Waals surface area contributed by atoms with Gasteiger partial charge in [0.1, 0.15) is 5.52 Å². The summed E-state index contributed by atoms with van der Waals surface area (Å²) in [6.45, 7) is 5.55. The molecule has 4 rings (SSSR count). The van der Waals surface area contributed by atoms with Crippen molar-refractivity contribution in [2.75, 3.05) is 25.0 Å². The fourth-order valence-electron chi connectivity index (χ4n) is 3.46. The monoisotopic (exact) mass is 352 g/mol. The van der Waals surface area contributed by atoms with Crippen molar-refractivity contribution in [1.29, 1.82) is 0 Å². The van der Waals surface area contributed by atoms with E-state index in [0.717, 1.165) is 43.6 Å². The van der Waals surface area contributed by atoms with Gasteiger partial charge in [-0.05, 0) is 49.9 Å². The number of benzene rings is 1. The molecule has 0 spiro atoms. The molecular weight excluding hydrogens is 328 g/mol. The normalized spacial score (nSPS) is 15.4. The van der Waals surface area contributed by atoms with Gasteiger partial charge in [0.25, 0.3) is 0 Å². The minimum Gasteiger partial charge on any atom is -0.354 e. The Morgan fingerprint density at radius 2 is 2.08 bits per heavy atom. The molecule has 0 amide bonds. The van der Waals surface area contributed by atoms with Crippen molar-refractivity contribution in [3.05, 3.63) is 52.1 Å². The van der Waals surface area contributed by atoms with Crippen LogP contribution in [-0.4, -0.2) is 39.2 Å². The largest absolute Gasteiger partial charge is 0.354 e. The summed E-state index contributed by atoms with van der Waals surface area (Å²) in [5.74, 6) is 1.21. The summed E-state index contributed by atoms with van der Waals surface area (Å²) in [6.07, 6.45) is 4.01. The van der Waals surface area contributed by atoms with Crippen molar-refractivity contribution in [1.82, 2.24) is 24.8 Å². The van der Waals surface area contributed by atoms with E-state index in [-0.39, 0.29) is 5.69 Å². The van der Waals surface area contributed by atoms with Crippen LogP contribution in [0.3, 0.4) is 0 Å². The van der Waals surface area contributed by atoms with E-state index in [4.69, 9.17) is 0 Å². The van der Waals surface area contributed by atoms with Crippen molar-refractivity contribution in [3.8, 4) is 0 Å². The highest BCUT2D eigenvalue weighted by Crippen LogP contribution is 2.15. The SMILES string of the molecule is Cc1ccccc1Cn1c(=O)[nH]c2cnc(NCC3CCNCC3)nc21. The maximum atomic E-state index is 12.4. The van der Waals surface area contributed by atoms with Gasteiger partial charge in [-0.25, -0.2) is 9.78 Å². The standard InChI is InChI=1S/C19H24N6O/c1-13-4-2-3-5-15(13)12-25-17-16(23-19(25)26)11-22-18(24-17)21-10-14-6-8-20-9-7-14/h2-5,11,14,20H,6-10,12H2,1H3,(H,23,26)(H,21,22,24). The van der Waals surface area contributed by atoms with E-state index in [1.54, 1.807) is 10.8 Å². The molecule has 3 aromatic rings. The first-order valence-electron chi connectivity index (χ1n) is 9.15. The third-order valence-corrected chi connectivity index (χ3v) is 5.11. The lowest BCUT2D eigenvalue weighted by atomic mass is 9.98. The molecule has 26 heavy (non-hydrogen) atoms. The van der Waals surface area contributed by atoms with Crippen LogP contribution in [0.2, 0.25) is 0 Å². The van der Waals surface area contributed by atoms with Gasteiger partial charge in [-0.3, -0.25) is 4.57 Å². The lowest BCUT2D eigenvalue weighted by Gasteiger charge is -2.22. The van der Waals surface area contributed by atoms with Gasteiger partial charge < -0.3 is 15.6 Å². The zero-order valence-corrected chi connectivity index (χ0v) is 15.0. The number of piperidine rings is 1. The highest BCUT2D eigenvalue weighted by molar-refractivity contribution is 5.71. The summed E-state index contributed by atoms with van der Waals surface area (Å²) < 4.78 is 1.68. The molecule has 0 saturated carbocycles. The Morgan fingerprint density at radius 1 is 1.27 bits per heavy atom. The van der Waals surface area contributed by atoms with Crippen molar-refractivity contribution < 1.29 is 0 Å². The second kappa shape index (κ2) is 7.29. The van der Waals surface area contributed by atoms with Gasteiger partial charge in [-0.1, -0.05) is 24.3 Å². The van der Waals surface area contributed by atoms with Crippen molar-refractivity contribution >= 4 is 17.1 Å². The topological polar surface area (TPSA) is 87.6 Å². The number of nitrogens with zero attached hydrogens (tertiary/aromatic N) is 3. The summed E-state index contributed by atoms with van der Waals surface area (Å²) in [5.41, 5.74) is 3.41. The number of hydrogen-bond donors (Lipinski definition) is 3. The predicted octanol–water partition coefficient (Wildman–Crippen LogP) is 1.89. The number of rotatable bonds is 5. The highest BCUT2D eigenvalue weighted by Gasteiger charge is 2.15. The molecule has 1 fully saturated rings. The molecular formula is C19H24N6O. The molecule has 2 aromatic heterocycles. The Bertz CT molecular complexity index is 954. The predicted molar refractivity (Wildman–Crippen MR) is 103 cm³/mol. The fraction of sp³-hybridized carbons (Fsp3) is 0.421. The summed E-state index contributed by atoms with van der Waals surface area (Å²) in [6, 6.07) is 8.08. The Balaban J connectivity index is 1.58. The molecule has 7 nitrogen and oxygen atoms in total. The van der Waals surface area contributed by atoms with Crippen LogP contribution < -0.4 is 16.3 Å². The minimum atomic E-state index is -0.159. The van der Waals surface area contributed by atoms with E-state index >= 15 is 0 Å². The maximum absolute atomic E-state index is 12.4. The second-order valence-electron chi connectivity index (χ2n) is 6.95. The van der Waals surface area contributed by atoms with Crippen LogP contribution >= 0.6 is 0 Å². The van der Waals surface area contributed by atoms with Crippen LogP contribution in [0.1, 0.15) is 24.0 Å². The van der Waals surface area contributed by atoms with E-state index < -0.39 is 0 Å². The van der Waals surface area contributed by atoms with Crippen LogP contribution in [0.25, 0.3) is 11.2 Å². The average Bonchev–Trinajstić information content (AvgIpc) is 2.97. The van der Waals surface area contributed by atoms with Gasteiger partial charge in [0.05, 0.1) is 12.7 Å². The molecule has 1 aliphatic rings. The Kier molecular flexibility index (Phi) is 4.71. The van der Waals surface area contributed by atoms with E-state index in [2.05, 4.69) is 38.6 Å². The smallest absolute Gasteiger partial charge is 0.328 e. The lowest BCUT2D eigenvalue weighted by Crippen LogP contribution is -2.31. The first-order valence-corrected chi connectivity index (χ1v) is 9.15. The van der Waals surface area contributed by atoms with E-state index in [0.29, 0.717) is 29.6 Å². The molecule has 0 unspecified atom stereocenters. The van der Waals surface area contributed by atoms with Crippen molar-refractivity contribution in [2.45, 2.75) is 26.3 Å². The number of aromatic nitrogens is 4. The van der Waals surface area contributed by atoms with E-state index in [9.17, 15) is 4.79 Å². The number of H-pyrrole nitrogens is 1. The number of nitrogens with one attached hydrogen (secondary N) is 3. The number of imidazole rings is 1. The summed E-state index contributed by atoms with van der Waals surface area (Å²) >= 11 is 0. The summed E-state index contributed by atoms with van der Waals surface area (Å²) in [4.78, 5) is 24.2. The number of hydrogen-bond acceptors (Lipinski definition) is 5. The molecule has 7 heteroatoms. The van der Waals surface area contributed by atoms with Crippen LogP contribution in [0.15, 0.2) is 35.3 Å². The van der Waals surface area contributed by atoms with Crippen LogP contribution in [0.5, 0.6) is 0 Å². The minimum absolute atomic E-state index is 0.159. The van der Waals surface area contributed by atoms with Gasteiger partial charge in [0.15, 0.2) is 5.65 Å². The summed E-state index contributed by atoms with van der Waals surface area (Å²) in [7, 11) is 0. The second-order valence-corrected chi connectivity index (χ2v) is 6.95. The van der Waals surface area contributed by atoms with Gasteiger partial charge in [-0.2, -0.15) is 4.98 Å². The molecule has 3 heterocycles. The van der Waals surface area contributed by atoms with Crippen molar-refractivity contribution in [2.24, 2.45) is 5.92 Å². The summed E-state index contributed by atoms with van der Waals surface area (Å²) in [5, 5.41) is 6.71. The van der Waals surface area contributed by atoms with E-state index in [1.807, 2.05) is 18.2 Å². The average molecular weight is 352 g/mol. The molecule has 1 saturated heterocycles. The van der Waals surface area contributed by atoms with Crippen LogP contribution in [-0.2, 0) is 6.54 Å². The molecule has 1 aromatic carbocycles. The third-order valence-electron chi connectivity index (χ3n) is 5.11. The third kappa shape index (κ3) is 3.48. The van der Waals surface area contributed by atoms with Gasteiger partial charge in [0, 0.05) is 6.54 Å². The highest BCUT2D eigenvalue weighted by atomic mass is 16.1. The lowest BCUT2D eigenvalue weighted by molar-refractivity contribution is 0.389. The first-order chi connectivity index (χ1) is 12.7. The molecule has 0 radical (unpaired) electrons. The number of aryl methyl sites for hydroxylation is 1. The quantitative estimate of drug-likeness (QED) is 0.653. The molecule has 3 N–H and O–H groups in total. The number of anilines is 1. The molecule has 0 atom stereocenters. The Labute approximate surface area is 151 Å². The molecule has 1 aliphatic heterocycles. The van der Waals surface area contributed by atoms with E-state index in [1.165, 1.54) is 0 Å². The van der Waals surface area contributed by atoms with Gasteiger partial charge >= 0.3 is 5.69 Å². The van der Waals surface area contributed by atoms with Crippen LogP contribution in [0.4, 0.5) is 5.95 Å². The number of fused-ring (bicyclic) bond motifs is 1. The van der Waals surface area contributed by atoms with Gasteiger partial charge in [0.2, 0.25) is 5.95 Å². The zero-order valence-electron chi connectivity index (χ0n) is 15.0. The zero-order chi connectivity index (χ0) is 17.9. The van der Waals surface area contributed by atoms with Crippen LogP contribution in [0, 0.1) is 12.8 Å². The number of aromatic amines is 1. The van der Waals surface area contributed by atoms with Gasteiger partial charge in [-0.15, -0.1) is 0 Å². The molecule has 136 valence electrons. The maximum Gasteiger partial charge on any atom is 0.328 e. The first kappa shape index (κ1) is 16.8. The molecule has 0 aliphatic carbocycles. The Hall–Kier alpha value is -2.67. The van der Waals surface area contributed by atoms with Crippen molar-refractivity contribution in [3.63, 3.8) is 0 Å². The fourth-order valence-corrected chi connectivity index (χ4v) is 3.46.